The third-order valence-corrected chi connectivity index (χ3v) is 4.99. The molecule has 0 fully saturated rings. The Labute approximate surface area is 181 Å². The second kappa shape index (κ2) is 10.0. The Hall–Kier alpha value is -3.20. The van der Waals surface area contributed by atoms with Crippen LogP contribution >= 0.6 is 15.9 Å². The summed E-state index contributed by atoms with van der Waals surface area (Å²) in [7, 11) is 0. The van der Waals surface area contributed by atoms with E-state index in [9.17, 15) is 14.4 Å². The average Bonchev–Trinajstić information content (AvgIpc) is 2.73. The van der Waals surface area contributed by atoms with Crippen molar-refractivity contribution in [3.63, 3.8) is 0 Å². The lowest BCUT2D eigenvalue weighted by Gasteiger charge is -2.20. The van der Waals surface area contributed by atoms with Gasteiger partial charge in [-0.1, -0.05) is 28.1 Å². The van der Waals surface area contributed by atoms with Crippen molar-refractivity contribution in [2.24, 2.45) is 0 Å². The maximum absolute atomic E-state index is 12.5. The van der Waals surface area contributed by atoms with Crippen molar-refractivity contribution in [2.45, 2.75) is 19.9 Å². The molecule has 0 aliphatic heterocycles. The number of para-hydroxylation sites is 1. The first kappa shape index (κ1) is 21.5. The van der Waals surface area contributed by atoms with Crippen LogP contribution in [0.2, 0.25) is 0 Å². The van der Waals surface area contributed by atoms with Crippen molar-refractivity contribution >= 4 is 44.5 Å². The number of carbonyl (C=O) groups is 2. The number of nitrogens with one attached hydrogen (secondary N) is 3. The van der Waals surface area contributed by atoms with Crippen molar-refractivity contribution < 1.29 is 9.59 Å². The zero-order valence-electron chi connectivity index (χ0n) is 16.4. The van der Waals surface area contributed by atoms with Crippen LogP contribution in [0, 0.1) is 0 Å². The smallest absolute Gasteiger partial charge is 0.319 e. The molecular formula is C21H22BrN5O3. The number of carbonyl (C=O) groups excluding carboxylic acids is 2. The number of amides is 3. The third kappa shape index (κ3) is 5.66. The molecule has 8 nitrogen and oxygen atoms in total. The number of hydrogen-bond donors (Lipinski definition) is 3. The number of aromatic nitrogens is 2. The standard InChI is InChI=1S/C21H22BrN5O3/c1-2-27(13-18-25-17-6-4-3-5-16(17)20(29)26-18)19(28)11-12-23-21(30)24-15-9-7-14(22)8-10-15/h3-10H,2,11-13H2,1H3,(H2,23,24,30)(H,25,26,29). The fraction of sp³-hybridized carbons (Fsp3) is 0.238. The van der Waals surface area contributed by atoms with Crippen LogP contribution in [-0.2, 0) is 11.3 Å². The molecule has 0 saturated carbocycles. The van der Waals surface area contributed by atoms with E-state index in [1.54, 1.807) is 35.2 Å². The van der Waals surface area contributed by atoms with Crippen LogP contribution < -0.4 is 16.2 Å². The number of nitrogens with zero attached hydrogens (tertiary/aromatic N) is 2. The molecule has 0 saturated heterocycles. The number of aromatic amines is 1. The molecule has 3 N–H and O–H groups in total. The predicted octanol–water partition coefficient (Wildman–Crippen LogP) is 3.25. The van der Waals surface area contributed by atoms with Gasteiger partial charge in [0.05, 0.1) is 17.4 Å². The van der Waals surface area contributed by atoms with Gasteiger partial charge in [0.25, 0.3) is 5.56 Å². The Bertz CT molecular complexity index is 1100. The van der Waals surface area contributed by atoms with E-state index in [1.165, 1.54) is 0 Å². The maximum atomic E-state index is 12.5. The summed E-state index contributed by atoms with van der Waals surface area (Å²) >= 11 is 3.33. The summed E-state index contributed by atoms with van der Waals surface area (Å²) in [6.07, 6.45) is 0.138. The maximum Gasteiger partial charge on any atom is 0.319 e. The molecule has 0 aliphatic rings. The first-order chi connectivity index (χ1) is 14.5. The highest BCUT2D eigenvalue weighted by molar-refractivity contribution is 9.10. The van der Waals surface area contributed by atoms with Gasteiger partial charge in [0, 0.05) is 29.7 Å². The molecule has 0 radical (unpaired) electrons. The van der Waals surface area contributed by atoms with E-state index in [0.717, 1.165) is 4.47 Å². The van der Waals surface area contributed by atoms with E-state index in [2.05, 4.69) is 36.5 Å². The van der Waals surface area contributed by atoms with Gasteiger partial charge in [-0.05, 0) is 43.3 Å². The Morgan fingerprint density at radius 1 is 1.13 bits per heavy atom. The van der Waals surface area contributed by atoms with Crippen LogP contribution in [0.25, 0.3) is 10.9 Å². The summed E-state index contributed by atoms with van der Waals surface area (Å²) in [5, 5.41) is 5.88. The van der Waals surface area contributed by atoms with Crippen LogP contribution in [0.1, 0.15) is 19.2 Å². The molecule has 0 atom stereocenters. The lowest BCUT2D eigenvalue weighted by molar-refractivity contribution is -0.131. The van der Waals surface area contributed by atoms with Gasteiger partial charge in [-0.3, -0.25) is 9.59 Å². The molecular weight excluding hydrogens is 450 g/mol. The monoisotopic (exact) mass is 471 g/mol. The number of benzene rings is 2. The summed E-state index contributed by atoms with van der Waals surface area (Å²) in [6.45, 7) is 2.70. The number of hydrogen-bond acceptors (Lipinski definition) is 4. The molecule has 9 heteroatoms. The highest BCUT2D eigenvalue weighted by atomic mass is 79.9. The van der Waals surface area contributed by atoms with Gasteiger partial charge in [0.2, 0.25) is 5.91 Å². The van der Waals surface area contributed by atoms with Crippen molar-refractivity contribution in [1.29, 1.82) is 0 Å². The lowest BCUT2D eigenvalue weighted by atomic mass is 10.2. The van der Waals surface area contributed by atoms with Crippen molar-refractivity contribution in [3.05, 3.63) is 69.2 Å². The molecule has 156 valence electrons. The quantitative estimate of drug-likeness (QED) is 0.491. The topological polar surface area (TPSA) is 107 Å². The molecule has 0 bridgehead atoms. The Morgan fingerprint density at radius 3 is 2.60 bits per heavy atom. The first-order valence-corrected chi connectivity index (χ1v) is 10.3. The van der Waals surface area contributed by atoms with Gasteiger partial charge in [-0.2, -0.15) is 0 Å². The molecule has 3 amide bonds. The molecule has 30 heavy (non-hydrogen) atoms. The number of fused-ring (bicyclic) bond motifs is 1. The van der Waals surface area contributed by atoms with E-state index in [4.69, 9.17) is 0 Å². The number of H-pyrrole nitrogens is 1. The van der Waals surface area contributed by atoms with E-state index >= 15 is 0 Å². The van der Waals surface area contributed by atoms with Gasteiger partial charge < -0.3 is 20.5 Å². The zero-order chi connectivity index (χ0) is 21.5. The normalized spacial score (nSPS) is 10.6. The van der Waals surface area contributed by atoms with E-state index in [-0.39, 0.29) is 37.0 Å². The number of halogens is 1. The van der Waals surface area contributed by atoms with E-state index in [1.807, 2.05) is 25.1 Å². The van der Waals surface area contributed by atoms with Crippen molar-refractivity contribution in [2.75, 3.05) is 18.4 Å². The molecule has 3 rings (SSSR count). The first-order valence-electron chi connectivity index (χ1n) is 9.52. The summed E-state index contributed by atoms with van der Waals surface area (Å²) < 4.78 is 0.918. The number of anilines is 1. The Kier molecular flexibility index (Phi) is 7.18. The second-order valence-electron chi connectivity index (χ2n) is 6.58. The summed E-state index contributed by atoms with van der Waals surface area (Å²) in [5.41, 5.74) is 1.01. The minimum Gasteiger partial charge on any atom is -0.337 e. The van der Waals surface area contributed by atoms with E-state index < -0.39 is 0 Å². The summed E-state index contributed by atoms with van der Waals surface area (Å²) in [4.78, 5) is 45.4. The minimum atomic E-state index is -0.381. The molecule has 1 aromatic heterocycles. The minimum absolute atomic E-state index is 0.138. The van der Waals surface area contributed by atoms with Crippen LogP contribution in [0.3, 0.4) is 0 Å². The number of rotatable bonds is 7. The molecule has 2 aromatic carbocycles. The fourth-order valence-electron chi connectivity index (χ4n) is 2.92. The molecule has 0 spiro atoms. The zero-order valence-corrected chi connectivity index (χ0v) is 18.0. The van der Waals surface area contributed by atoms with Crippen LogP contribution in [0.4, 0.5) is 10.5 Å². The second-order valence-corrected chi connectivity index (χ2v) is 7.49. The molecule has 1 heterocycles. The lowest BCUT2D eigenvalue weighted by Crippen LogP contribution is -2.36. The van der Waals surface area contributed by atoms with Crippen LogP contribution in [-0.4, -0.2) is 39.9 Å². The van der Waals surface area contributed by atoms with Gasteiger partial charge in [0.1, 0.15) is 5.82 Å². The van der Waals surface area contributed by atoms with Gasteiger partial charge in [0.15, 0.2) is 0 Å². The van der Waals surface area contributed by atoms with Gasteiger partial charge in [-0.15, -0.1) is 0 Å². The largest absolute Gasteiger partial charge is 0.337 e. The fourth-order valence-corrected chi connectivity index (χ4v) is 3.18. The Balaban J connectivity index is 1.53. The van der Waals surface area contributed by atoms with Gasteiger partial charge >= 0.3 is 6.03 Å². The van der Waals surface area contributed by atoms with Crippen LogP contribution in [0.15, 0.2) is 57.8 Å². The van der Waals surface area contributed by atoms with Crippen molar-refractivity contribution in [3.8, 4) is 0 Å². The molecule has 0 unspecified atom stereocenters. The number of urea groups is 1. The van der Waals surface area contributed by atoms with E-state index in [0.29, 0.717) is 29.0 Å². The SMILES string of the molecule is CCN(Cc1nc2ccccc2c(=O)[nH]1)C(=O)CCNC(=O)Nc1ccc(Br)cc1. The molecule has 3 aromatic rings. The molecule has 0 aliphatic carbocycles. The highest BCUT2D eigenvalue weighted by Gasteiger charge is 2.14. The predicted molar refractivity (Wildman–Crippen MR) is 119 cm³/mol. The Morgan fingerprint density at radius 2 is 1.87 bits per heavy atom. The summed E-state index contributed by atoms with van der Waals surface area (Å²) in [5.74, 6) is 0.284. The average molecular weight is 472 g/mol. The highest BCUT2D eigenvalue weighted by Crippen LogP contribution is 2.14. The van der Waals surface area contributed by atoms with Crippen LogP contribution in [0.5, 0.6) is 0 Å². The summed E-state index contributed by atoms with van der Waals surface area (Å²) in [6, 6.07) is 13.9. The van der Waals surface area contributed by atoms with Gasteiger partial charge in [-0.25, -0.2) is 9.78 Å². The van der Waals surface area contributed by atoms with Crippen molar-refractivity contribution in [1.82, 2.24) is 20.2 Å². The third-order valence-electron chi connectivity index (χ3n) is 4.46.